The van der Waals surface area contributed by atoms with Gasteiger partial charge >= 0.3 is 0 Å². The highest BCUT2D eigenvalue weighted by atomic mass is 35.5. The fourth-order valence-corrected chi connectivity index (χ4v) is 3.23. The average Bonchev–Trinajstić information content (AvgIpc) is 3.10. The topological polar surface area (TPSA) is 36.7 Å². The van der Waals surface area contributed by atoms with E-state index in [1.165, 1.54) is 0 Å². The minimum Gasteiger partial charge on any atom is -0.464 e. The zero-order valence-corrected chi connectivity index (χ0v) is 14.1. The number of carbonyl (C=O) groups excluding carboxylic acids is 1. The highest BCUT2D eigenvalue weighted by Gasteiger charge is 2.22. The average molecular weight is 333 g/mol. The van der Waals surface area contributed by atoms with Gasteiger partial charge in [0.05, 0.1) is 17.0 Å². The summed E-state index contributed by atoms with van der Waals surface area (Å²) in [6, 6.07) is 9.77. The van der Waals surface area contributed by atoms with Crippen molar-refractivity contribution >= 4 is 23.2 Å². The van der Waals surface area contributed by atoms with Crippen LogP contribution in [0.25, 0.3) is 11.3 Å². The van der Waals surface area contributed by atoms with Crippen LogP contribution in [-0.4, -0.2) is 37.0 Å². The van der Waals surface area contributed by atoms with Crippen molar-refractivity contribution < 1.29 is 9.21 Å². The summed E-state index contributed by atoms with van der Waals surface area (Å²) in [6.45, 7) is 5.18. The summed E-state index contributed by atoms with van der Waals surface area (Å²) < 4.78 is 5.41. The van der Waals surface area contributed by atoms with Crippen molar-refractivity contribution in [1.82, 2.24) is 4.90 Å². The van der Waals surface area contributed by atoms with Crippen molar-refractivity contribution in [2.75, 3.05) is 31.1 Å². The lowest BCUT2D eigenvalue weighted by Crippen LogP contribution is -2.48. The fraction of sp³-hybridized carbons (Fsp3) is 0.389. The summed E-state index contributed by atoms with van der Waals surface area (Å²) in [7, 11) is 0. The Morgan fingerprint density at radius 2 is 2.00 bits per heavy atom. The van der Waals surface area contributed by atoms with Crippen LogP contribution in [0.3, 0.4) is 0 Å². The molecule has 2 heterocycles. The first kappa shape index (κ1) is 15.9. The Bertz CT molecular complexity index is 662. The van der Waals surface area contributed by atoms with Crippen molar-refractivity contribution in [1.29, 1.82) is 0 Å². The van der Waals surface area contributed by atoms with Crippen molar-refractivity contribution in [2.45, 2.75) is 19.8 Å². The third kappa shape index (κ3) is 3.53. The number of piperazine rings is 1. The summed E-state index contributed by atoms with van der Waals surface area (Å²) in [5.74, 6) is 1.07. The third-order valence-corrected chi connectivity index (χ3v) is 4.49. The van der Waals surface area contributed by atoms with Gasteiger partial charge in [0.15, 0.2) is 0 Å². The third-order valence-electron chi connectivity index (χ3n) is 4.19. The Morgan fingerprint density at radius 3 is 2.61 bits per heavy atom. The van der Waals surface area contributed by atoms with Gasteiger partial charge < -0.3 is 14.2 Å². The second-order valence-corrected chi connectivity index (χ2v) is 6.17. The van der Waals surface area contributed by atoms with Crippen LogP contribution in [0.4, 0.5) is 5.69 Å². The highest BCUT2D eigenvalue weighted by molar-refractivity contribution is 6.33. The van der Waals surface area contributed by atoms with E-state index in [-0.39, 0.29) is 5.91 Å². The maximum Gasteiger partial charge on any atom is 0.222 e. The van der Waals surface area contributed by atoms with Crippen LogP contribution in [0.15, 0.2) is 41.0 Å². The lowest BCUT2D eigenvalue weighted by atomic mass is 10.1. The van der Waals surface area contributed by atoms with Gasteiger partial charge in [-0.05, 0) is 36.8 Å². The highest BCUT2D eigenvalue weighted by Crippen LogP contribution is 2.32. The standard InChI is InChI=1S/C18H21ClN2O2/c1-2-4-18(22)21-10-8-20(9-11-21)16-7-6-14(13-15(16)19)17-5-3-12-23-17/h3,5-7,12-13H,2,4,8-11H2,1H3. The zero-order valence-electron chi connectivity index (χ0n) is 13.3. The molecule has 0 N–H and O–H groups in total. The van der Waals surface area contributed by atoms with Gasteiger partial charge in [-0.15, -0.1) is 0 Å². The Morgan fingerprint density at radius 1 is 1.22 bits per heavy atom. The molecular formula is C18H21ClN2O2. The van der Waals surface area contributed by atoms with Crippen molar-refractivity contribution in [2.24, 2.45) is 0 Å². The van der Waals surface area contributed by atoms with E-state index < -0.39 is 0 Å². The zero-order chi connectivity index (χ0) is 16.2. The quantitative estimate of drug-likeness (QED) is 0.847. The molecule has 1 aromatic carbocycles. The normalized spacial score (nSPS) is 15.0. The molecule has 0 atom stereocenters. The Labute approximate surface area is 141 Å². The van der Waals surface area contributed by atoms with Gasteiger partial charge in [0.25, 0.3) is 0 Å². The van der Waals surface area contributed by atoms with Gasteiger partial charge in [-0.25, -0.2) is 0 Å². The summed E-state index contributed by atoms with van der Waals surface area (Å²) in [5.41, 5.74) is 1.99. The van der Waals surface area contributed by atoms with E-state index in [9.17, 15) is 4.79 Å². The molecule has 2 aromatic rings. The van der Waals surface area contributed by atoms with Crippen molar-refractivity contribution in [3.63, 3.8) is 0 Å². The van der Waals surface area contributed by atoms with Crippen LogP contribution >= 0.6 is 11.6 Å². The molecule has 23 heavy (non-hydrogen) atoms. The Kier molecular flexibility index (Phi) is 4.91. The molecule has 1 aliphatic heterocycles. The molecule has 0 radical (unpaired) electrons. The van der Waals surface area contributed by atoms with Crippen LogP contribution in [0, 0.1) is 0 Å². The minimum absolute atomic E-state index is 0.256. The monoisotopic (exact) mass is 332 g/mol. The number of hydrogen-bond donors (Lipinski definition) is 0. The Hall–Kier alpha value is -1.94. The summed E-state index contributed by atoms with van der Waals surface area (Å²) in [6.07, 6.45) is 3.20. The first-order valence-electron chi connectivity index (χ1n) is 8.05. The number of halogens is 1. The molecule has 0 saturated carbocycles. The van der Waals surface area contributed by atoms with E-state index in [4.69, 9.17) is 16.0 Å². The Balaban J connectivity index is 1.68. The van der Waals surface area contributed by atoms with Gasteiger partial charge in [0.1, 0.15) is 5.76 Å². The van der Waals surface area contributed by atoms with E-state index in [1.807, 2.05) is 42.2 Å². The van der Waals surface area contributed by atoms with Gasteiger partial charge in [-0.2, -0.15) is 0 Å². The molecule has 5 heteroatoms. The minimum atomic E-state index is 0.256. The summed E-state index contributed by atoms with van der Waals surface area (Å²) >= 11 is 6.46. The van der Waals surface area contributed by atoms with Crippen molar-refractivity contribution in [3.05, 3.63) is 41.6 Å². The largest absolute Gasteiger partial charge is 0.464 e. The number of rotatable bonds is 4. The number of carbonyl (C=O) groups is 1. The van der Waals surface area contributed by atoms with Crippen molar-refractivity contribution in [3.8, 4) is 11.3 Å². The van der Waals surface area contributed by atoms with Crippen LogP contribution < -0.4 is 4.90 Å². The van der Waals surface area contributed by atoms with E-state index >= 15 is 0 Å². The first-order valence-corrected chi connectivity index (χ1v) is 8.43. The van der Waals surface area contributed by atoms with E-state index in [0.717, 1.165) is 49.6 Å². The molecule has 0 bridgehead atoms. The lowest BCUT2D eigenvalue weighted by Gasteiger charge is -2.36. The summed E-state index contributed by atoms with van der Waals surface area (Å²) in [5, 5.41) is 0.715. The molecule has 122 valence electrons. The molecule has 1 aliphatic rings. The number of benzene rings is 1. The fourth-order valence-electron chi connectivity index (χ4n) is 2.93. The molecule has 0 unspecified atom stereocenters. The number of amides is 1. The van der Waals surface area contributed by atoms with Gasteiger partial charge in [-0.3, -0.25) is 4.79 Å². The van der Waals surface area contributed by atoms with Crippen LogP contribution in [0.5, 0.6) is 0 Å². The van der Waals surface area contributed by atoms with E-state index in [1.54, 1.807) is 6.26 Å². The van der Waals surface area contributed by atoms with Gasteiger partial charge in [0, 0.05) is 38.2 Å². The van der Waals surface area contributed by atoms with Crippen LogP contribution in [0.1, 0.15) is 19.8 Å². The smallest absolute Gasteiger partial charge is 0.222 e. The predicted octanol–water partition coefficient (Wildman–Crippen LogP) is 4.05. The SMILES string of the molecule is CCCC(=O)N1CCN(c2ccc(-c3ccco3)cc2Cl)CC1. The second-order valence-electron chi connectivity index (χ2n) is 5.76. The predicted molar refractivity (Wildman–Crippen MR) is 92.9 cm³/mol. The molecular weight excluding hydrogens is 312 g/mol. The van der Waals surface area contributed by atoms with Crippen LogP contribution in [-0.2, 0) is 4.79 Å². The van der Waals surface area contributed by atoms with E-state index in [2.05, 4.69) is 4.90 Å². The molecule has 0 aliphatic carbocycles. The molecule has 4 nitrogen and oxygen atoms in total. The molecule has 1 saturated heterocycles. The summed E-state index contributed by atoms with van der Waals surface area (Å²) in [4.78, 5) is 16.1. The van der Waals surface area contributed by atoms with Crippen LogP contribution in [0.2, 0.25) is 5.02 Å². The van der Waals surface area contributed by atoms with Gasteiger partial charge in [-0.1, -0.05) is 18.5 Å². The number of furan rings is 1. The molecule has 3 rings (SSSR count). The second kappa shape index (κ2) is 7.09. The van der Waals surface area contributed by atoms with Gasteiger partial charge in [0.2, 0.25) is 5.91 Å². The maximum atomic E-state index is 12.0. The number of anilines is 1. The maximum absolute atomic E-state index is 12.0. The lowest BCUT2D eigenvalue weighted by molar-refractivity contribution is -0.131. The number of nitrogens with zero attached hydrogens (tertiary/aromatic N) is 2. The molecule has 1 fully saturated rings. The molecule has 1 aromatic heterocycles. The van der Waals surface area contributed by atoms with E-state index in [0.29, 0.717) is 11.4 Å². The number of hydrogen-bond acceptors (Lipinski definition) is 3. The molecule has 0 spiro atoms. The molecule has 1 amide bonds. The first-order chi connectivity index (χ1) is 11.2.